The molecule has 0 aromatic heterocycles. The predicted octanol–water partition coefficient (Wildman–Crippen LogP) is 4.68. The minimum absolute atomic E-state index is 0.101. The normalized spacial score (nSPS) is 15.6. The molecular weight excluding hydrogens is 493 g/mol. The highest BCUT2D eigenvalue weighted by atomic mass is 35.5. The van der Waals surface area contributed by atoms with Crippen molar-refractivity contribution in [3.63, 3.8) is 0 Å². The van der Waals surface area contributed by atoms with Crippen LogP contribution in [0.25, 0.3) is 6.08 Å². The van der Waals surface area contributed by atoms with Gasteiger partial charge in [-0.25, -0.2) is 4.39 Å². The zero-order valence-electron chi connectivity index (χ0n) is 20.1. The van der Waals surface area contributed by atoms with E-state index < -0.39 is 0 Å². The fraction of sp³-hybridized carbons (Fsp3) is 0.207. The number of halogens is 2. The van der Waals surface area contributed by atoms with Gasteiger partial charge in [0.25, 0.3) is 11.8 Å². The summed E-state index contributed by atoms with van der Waals surface area (Å²) in [4.78, 5) is 44.1. The minimum atomic E-state index is -0.326. The molecule has 0 saturated carbocycles. The van der Waals surface area contributed by atoms with Gasteiger partial charge in [-0.2, -0.15) is 0 Å². The van der Waals surface area contributed by atoms with Gasteiger partial charge >= 0.3 is 0 Å². The molecule has 0 unspecified atom stereocenters. The van der Waals surface area contributed by atoms with Crippen molar-refractivity contribution in [2.45, 2.75) is 6.42 Å². The zero-order valence-corrected chi connectivity index (χ0v) is 20.8. The number of imide groups is 1. The van der Waals surface area contributed by atoms with Crippen molar-refractivity contribution in [3.8, 4) is 0 Å². The summed E-state index contributed by atoms with van der Waals surface area (Å²) in [7, 11) is 0. The van der Waals surface area contributed by atoms with Crippen molar-refractivity contribution in [3.05, 3.63) is 106 Å². The van der Waals surface area contributed by atoms with Crippen LogP contribution in [0.15, 0.2) is 72.8 Å². The first-order chi connectivity index (χ1) is 17.9. The summed E-state index contributed by atoms with van der Waals surface area (Å²) in [6.07, 6.45) is 3.69. The van der Waals surface area contributed by atoms with Crippen LogP contribution in [0.5, 0.6) is 0 Å². The summed E-state index contributed by atoms with van der Waals surface area (Å²) < 4.78 is 13.2. The molecule has 3 aromatic rings. The van der Waals surface area contributed by atoms with Gasteiger partial charge in [0.05, 0.1) is 16.8 Å². The largest absolute Gasteiger partial charge is 0.367 e. The molecule has 8 heteroatoms. The van der Waals surface area contributed by atoms with Crippen LogP contribution in [0.2, 0.25) is 5.02 Å². The smallest absolute Gasteiger partial charge is 0.263 e. The second-order valence-corrected chi connectivity index (χ2v) is 9.41. The second-order valence-electron chi connectivity index (χ2n) is 9.01. The molecule has 2 aliphatic heterocycles. The number of hydrogen-bond donors (Lipinski definition) is 0. The molecule has 0 aliphatic carbocycles. The van der Waals surface area contributed by atoms with E-state index in [1.807, 2.05) is 24.3 Å². The van der Waals surface area contributed by atoms with E-state index in [4.69, 9.17) is 11.6 Å². The third-order valence-electron chi connectivity index (χ3n) is 6.76. The van der Waals surface area contributed by atoms with Crippen LogP contribution in [0, 0.1) is 5.82 Å². The third kappa shape index (κ3) is 5.13. The second kappa shape index (κ2) is 10.6. The number of fused-ring (bicyclic) bond motifs is 1. The maximum absolute atomic E-state index is 13.3. The van der Waals surface area contributed by atoms with E-state index in [1.54, 1.807) is 41.3 Å². The fourth-order valence-corrected chi connectivity index (χ4v) is 4.92. The lowest BCUT2D eigenvalue weighted by Gasteiger charge is -2.36. The Labute approximate surface area is 219 Å². The number of nitrogens with zero attached hydrogens (tertiary/aromatic N) is 3. The molecule has 0 spiro atoms. The van der Waals surface area contributed by atoms with E-state index in [2.05, 4.69) is 4.90 Å². The Hall–Kier alpha value is -3.97. The van der Waals surface area contributed by atoms with E-state index in [1.165, 1.54) is 23.1 Å². The van der Waals surface area contributed by atoms with Gasteiger partial charge in [-0.15, -0.1) is 0 Å². The maximum atomic E-state index is 13.3. The highest BCUT2D eigenvalue weighted by Crippen LogP contribution is 2.32. The number of amides is 3. The molecule has 1 fully saturated rings. The number of carbonyl (C=O) groups is 3. The molecule has 37 heavy (non-hydrogen) atoms. The molecule has 5 rings (SSSR count). The van der Waals surface area contributed by atoms with Crippen molar-refractivity contribution in [1.82, 2.24) is 9.80 Å². The molecule has 0 bridgehead atoms. The van der Waals surface area contributed by atoms with Crippen LogP contribution in [-0.2, 0) is 11.2 Å². The first kappa shape index (κ1) is 24.7. The molecule has 3 aromatic carbocycles. The van der Waals surface area contributed by atoms with E-state index in [9.17, 15) is 18.8 Å². The molecule has 3 amide bonds. The van der Waals surface area contributed by atoms with Crippen LogP contribution in [-0.4, -0.2) is 60.2 Å². The summed E-state index contributed by atoms with van der Waals surface area (Å²) >= 11 is 6.16. The quantitative estimate of drug-likeness (QED) is 0.352. The van der Waals surface area contributed by atoms with Gasteiger partial charge in [-0.3, -0.25) is 19.3 Å². The molecule has 0 radical (unpaired) electrons. The van der Waals surface area contributed by atoms with Crippen molar-refractivity contribution >= 4 is 41.1 Å². The average Bonchev–Trinajstić information content (AvgIpc) is 3.17. The highest BCUT2D eigenvalue weighted by molar-refractivity contribution is 6.32. The fourth-order valence-electron chi connectivity index (χ4n) is 4.72. The Morgan fingerprint density at radius 1 is 0.892 bits per heavy atom. The SMILES string of the molecule is O=C(/C=C/c1ccccc1Cl)N1CCN(c2cccc3c2C(=O)N(CCc2ccc(F)cc2)C3=O)CC1. The molecule has 0 N–H and O–H groups in total. The van der Waals surface area contributed by atoms with Gasteiger partial charge in [-0.05, 0) is 54.0 Å². The first-order valence-electron chi connectivity index (χ1n) is 12.1. The van der Waals surface area contributed by atoms with E-state index in [0.29, 0.717) is 54.4 Å². The van der Waals surface area contributed by atoms with Crippen molar-refractivity contribution < 1.29 is 18.8 Å². The Kier molecular flexibility index (Phi) is 7.06. The van der Waals surface area contributed by atoms with Crippen molar-refractivity contribution in [2.24, 2.45) is 0 Å². The molecular formula is C29H25ClFN3O3. The lowest BCUT2D eigenvalue weighted by Crippen LogP contribution is -2.48. The van der Waals surface area contributed by atoms with Crippen LogP contribution in [0.3, 0.4) is 0 Å². The van der Waals surface area contributed by atoms with Crippen molar-refractivity contribution in [2.75, 3.05) is 37.6 Å². The number of piperazine rings is 1. The van der Waals surface area contributed by atoms with Gasteiger partial charge in [0.15, 0.2) is 0 Å². The Morgan fingerprint density at radius 2 is 1.62 bits per heavy atom. The van der Waals surface area contributed by atoms with Gasteiger partial charge in [0.2, 0.25) is 5.91 Å². The number of anilines is 1. The lowest BCUT2D eigenvalue weighted by molar-refractivity contribution is -0.126. The number of carbonyl (C=O) groups excluding carboxylic acids is 3. The monoisotopic (exact) mass is 517 g/mol. The molecule has 2 heterocycles. The molecule has 1 saturated heterocycles. The topological polar surface area (TPSA) is 60.9 Å². The predicted molar refractivity (Wildman–Crippen MR) is 141 cm³/mol. The van der Waals surface area contributed by atoms with Crippen LogP contribution < -0.4 is 4.90 Å². The van der Waals surface area contributed by atoms with Gasteiger partial charge in [0.1, 0.15) is 5.82 Å². The Morgan fingerprint density at radius 3 is 2.35 bits per heavy atom. The molecule has 0 atom stereocenters. The van der Waals surface area contributed by atoms with Crippen LogP contribution >= 0.6 is 11.6 Å². The lowest BCUT2D eigenvalue weighted by atomic mass is 10.1. The van der Waals surface area contributed by atoms with E-state index >= 15 is 0 Å². The van der Waals surface area contributed by atoms with E-state index in [-0.39, 0.29) is 30.1 Å². The summed E-state index contributed by atoms with van der Waals surface area (Å²) in [6.45, 7) is 2.29. The summed E-state index contributed by atoms with van der Waals surface area (Å²) in [5.74, 6) is -1.06. The third-order valence-corrected chi connectivity index (χ3v) is 7.10. The molecule has 2 aliphatic rings. The van der Waals surface area contributed by atoms with Crippen LogP contribution in [0.1, 0.15) is 31.8 Å². The minimum Gasteiger partial charge on any atom is -0.367 e. The molecule has 6 nitrogen and oxygen atoms in total. The number of rotatable bonds is 6. The number of benzene rings is 3. The highest BCUT2D eigenvalue weighted by Gasteiger charge is 2.38. The Bertz CT molecular complexity index is 1380. The van der Waals surface area contributed by atoms with E-state index in [0.717, 1.165) is 11.1 Å². The molecule has 188 valence electrons. The maximum Gasteiger partial charge on any atom is 0.263 e. The number of hydrogen-bond acceptors (Lipinski definition) is 4. The summed E-state index contributed by atoms with van der Waals surface area (Å²) in [5, 5.41) is 0.584. The van der Waals surface area contributed by atoms with Gasteiger partial charge < -0.3 is 9.80 Å². The standard InChI is InChI=1S/C29H25ClFN3O3/c30-24-6-2-1-4-21(24)10-13-26(35)33-18-16-32(17-19-33)25-7-3-5-23-27(25)29(37)34(28(23)36)15-14-20-8-11-22(31)12-9-20/h1-13H,14-19H2/b13-10+. The first-order valence-corrected chi connectivity index (χ1v) is 12.5. The Balaban J connectivity index is 1.24. The van der Waals surface area contributed by atoms with Crippen LogP contribution in [0.4, 0.5) is 10.1 Å². The average molecular weight is 518 g/mol. The van der Waals surface area contributed by atoms with Gasteiger partial charge in [-0.1, -0.05) is 48.0 Å². The summed E-state index contributed by atoms with van der Waals surface area (Å²) in [6, 6.07) is 18.7. The summed E-state index contributed by atoms with van der Waals surface area (Å²) in [5.41, 5.74) is 3.14. The van der Waals surface area contributed by atoms with Crippen molar-refractivity contribution in [1.29, 1.82) is 0 Å². The van der Waals surface area contributed by atoms with Gasteiger partial charge in [0, 0.05) is 43.8 Å². The zero-order chi connectivity index (χ0) is 25.9.